The van der Waals surface area contributed by atoms with Crippen molar-refractivity contribution in [2.24, 2.45) is 0 Å². The lowest BCUT2D eigenvalue weighted by molar-refractivity contribution is 0.259. The first kappa shape index (κ1) is 14.2. The Balaban J connectivity index is 1.73. The van der Waals surface area contributed by atoms with Crippen LogP contribution in [0.1, 0.15) is 36.0 Å². The summed E-state index contributed by atoms with van der Waals surface area (Å²) in [5.74, 6) is 0.655. The molecular formula is C19H24N2. The van der Waals surface area contributed by atoms with Crippen molar-refractivity contribution in [3.63, 3.8) is 0 Å². The van der Waals surface area contributed by atoms with Crippen molar-refractivity contribution >= 4 is 5.69 Å². The first-order chi connectivity index (χ1) is 10.1. The molecule has 110 valence electrons. The summed E-state index contributed by atoms with van der Waals surface area (Å²) in [5, 5.41) is 0. The smallest absolute Gasteiger partial charge is 0.0317 e. The Hall–Kier alpha value is -1.80. The molecule has 0 amide bonds. The van der Waals surface area contributed by atoms with Crippen LogP contribution in [0.5, 0.6) is 0 Å². The zero-order valence-corrected chi connectivity index (χ0v) is 12.9. The van der Waals surface area contributed by atoms with Gasteiger partial charge >= 0.3 is 0 Å². The highest BCUT2D eigenvalue weighted by Crippen LogP contribution is 2.34. The van der Waals surface area contributed by atoms with E-state index >= 15 is 0 Å². The zero-order chi connectivity index (χ0) is 14.8. The van der Waals surface area contributed by atoms with Crippen LogP contribution in [0.15, 0.2) is 48.5 Å². The monoisotopic (exact) mass is 280 g/mol. The number of nitrogens with two attached hydrogens (primary N) is 1. The van der Waals surface area contributed by atoms with Crippen molar-refractivity contribution in [3.05, 3.63) is 65.2 Å². The number of nitrogens with zero attached hydrogens (tertiary/aromatic N) is 1. The van der Waals surface area contributed by atoms with Crippen molar-refractivity contribution in [2.75, 3.05) is 12.3 Å². The molecule has 3 rings (SSSR count). The Morgan fingerprint density at radius 2 is 1.95 bits per heavy atom. The minimum atomic E-state index is 0.621. The number of aryl methyl sites for hydroxylation is 1. The number of nitrogen functional groups attached to an aromatic ring is 1. The predicted molar refractivity (Wildman–Crippen MR) is 89.3 cm³/mol. The molecule has 1 fully saturated rings. The van der Waals surface area contributed by atoms with Crippen molar-refractivity contribution in [3.8, 4) is 0 Å². The lowest BCUT2D eigenvalue weighted by atomic mass is 9.93. The number of likely N-dealkylation sites (tertiary alicyclic amines) is 1. The summed E-state index contributed by atoms with van der Waals surface area (Å²) in [4.78, 5) is 2.58. The van der Waals surface area contributed by atoms with Gasteiger partial charge in [-0.25, -0.2) is 0 Å². The molecule has 2 heteroatoms. The van der Waals surface area contributed by atoms with E-state index < -0.39 is 0 Å². The molecule has 1 saturated heterocycles. The van der Waals surface area contributed by atoms with Gasteiger partial charge in [-0.3, -0.25) is 4.90 Å². The zero-order valence-electron chi connectivity index (χ0n) is 12.9. The molecule has 1 aliphatic rings. The normalized spacial score (nSPS) is 22.6. The van der Waals surface area contributed by atoms with Gasteiger partial charge in [0.05, 0.1) is 0 Å². The maximum absolute atomic E-state index is 5.89. The Labute approximate surface area is 127 Å². The average Bonchev–Trinajstić information content (AvgIpc) is 2.80. The van der Waals surface area contributed by atoms with E-state index in [9.17, 15) is 0 Å². The topological polar surface area (TPSA) is 29.3 Å². The Kier molecular flexibility index (Phi) is 3.98. The minimum Gasteiger partial charge on any atom is -0.399 e. The molecule has 0 aliphatic carbocycles. The van der Waals surface area contributed by atoms with Crippen LogP contribution in [0.4, 0.5) is 5.69 Å². The van der Waals surface area contributed by atoms with Gasteiger partial charge in [-0.2, -0.15) is 0 Å². The van der Waals surface area contributed by atoms with E-state index in [1.807, 2.05) is 12.1 Å². The van der Waals surface area contributed by atoms with Gasteiger partial charge in [0.2, 0.25) is 0 Å². The number of hydrogen-bond acceptors (Lipinski definition) is 2. The molecule has 2 nitrogen and oxygen atoms in total. The molecule has 2 aromatic rings. The molecule has 2 atom stereocenters. The molecule has 0 bridgehead atoms. The van der Waals surface area contributed by atoms with Gasteiger partial charge in [0, 0.05) is 24.8 Å². The molecule has 0 spiro atoms. The summed E-state index contributed by atoms with van der Waals surface area (Å²) in [7, 11) is 0. The van der Waals surface area contributed by atoms with E-state index in [2.05, 4.69) is 55.1 Å². The third-order valence-corrected chi connectivity index (χ3v) is 4.67. The number of rotatable bonds is 3. The molecule has 0 aromatic heterocycles. The van der Waals surface area contributed by atoms with Crippen LogP contribution in [0, 0.1) is 6.92 Å². The molecule has 2 unspecified atom stereocenters. The first-order valence-corrected chi connectivity index (χ1v) is 7.77. The summed E-state index contributed by atoms with van der Waals surface area (Å²) < 4.78 is 0. The highest BCUT2D eigenvalue weighted by molar-refractivity contribution is 5.40. The van der Waals surface area contributed by atoms with Gasteiger partial charge in [-0.1, -0.05) is 36.4 Å². The van der Waals surface area contributed by atoms with Crippen LogP contribution in [-0.2, 0) is 6.54 Å². The molecular weight excluding hydrogens is 256 g/mol. The summed E-state index contributed by atoms with van der Waals surface area (Å²) in [5.41, 5.74) is 11.0. The Morgan fingerprint density at radius 1 is 1.14 bits per heavy atom. The SMILES string of the molecule is Cc1ccccc1C1CC(C)N(Cc2cccc(N)c2)C1. The van der Waals surface area contributed by atoms with Gasteiger partial charge in [0.25, 0.3) is 0 Å². The predicted octanol–water partition coefficient (Wildman–Crippen LogP) is 3.96. The summed E-state index contributed by atoms with van der Waals surface area (Å²) >= 11 is 0. The lowest BCUT2D eigenvalue weighted by Crippen LogP contribution is -2.26. The van der Waals surface area contributed by atoms with Gasteiger partial charge < -0.3 is 5.73 Å². The molecule has 2 N–H and O–H groups in total. The Morgan fingerprint density at radius 3 is 2.71 bits per heavy atom. The van der Waals surface area contributed by atoms with Crippen LogP contribution in [0.3, 0.4) is 0 Å². The van der Waals surface area contributed by atoms with Gasteiger partial charge in [0.1, 0.15) is 0 Å². The standard InChI is InChI=1S/C19H24N2/c1-14-6-3-4-9-19(14)17-10-15(2)21(13-17)12-16-7-5-8-18(20)11-16/h3-9,11,15,17H,10,12-13,20H2,1-2H3. The van der Waals surface area contributed by atoms with Crippen LogP contribution >= 0.6 is 0 Å². The fourth-order valence-corrected chi connectivity index (χ4v) is 3.51. The maximum Gasteiger partial charge on any atom is 0.0317 e. The van der Waals surface area contributed by atoms with Gasteiger partial charge in [-0.15, -0.1) is 0 Å². The number of benzene rings is 2. The van der Waals surface area contributed by atoms with Crippen molar-refractivity contribution in [2.45, 2.75) is 38.8 Å². The number of anilines is 1. The van der Waals surface area contributed by atoms with Gasteiger partial charge in [0.15, 0.2) is 0 Å². The quantitative estimate of drug-likeness (QED) is 0.862. The van der Waals surface area contributed by atoms with Gasteiger partial charge in [-0.05, 0) is 55.0 Å². The summed E-state index contributed by atoms with van der Waals surface area (Å²) in [6, 6.07) is 17.7. The van der Waals surface area contributed by atoms with Crippen LogP contribution in [0.25, 0.3) is 0 Å². The highest BCUT2D eigenvalue weighted by Gasteiger charge is 2.30. The fourth-order valence-electron chi connectivity index (χ4n) is 3.51. The third-order valence-electron chi connectivity index (χ3n) is 4.67. The first-order valence-electron chi connectivity index (χ1n) is 7.77. The van der Waals surface area contributed by atoms with Crippen molar-refractivity contribution in [1.82, 2.24) is 4.90 Å². The van der Waals surface area contributed by atoms with E-state index in [0.29, 0.717) is 12.0 Å². The second-order valence-corrected chi connectivity index (χ2v) is 6.31. The lowest BCUT2D eigenvalue weighted by Gasteiger charge is -2.21. The molecule has 1 aliphatic heterocycles. The minimum absolute atomic E-state index is 0.621. The third kappa shape index (κ3) is 3.11. The molecule has 0 radical (unpaired) electrons. The van der Waals surface area contributed by atoms with E-state index in [4.69, 9.17) is 5.73 Å². The van der Waals surface area contributed by atoms with Crippen LogP contribution in [-0.4, -0.2) is 17.5 Å². The average molecular weight is 280 g/mol. The highest BCUT2D eigenvalue weighted by atomic mass is 15.2. The van der Waals surface area contributed by atoms with Crippen LogP contribution < -0.4 is 5.73 Å². The van der Waals surface area contributed by atoms with Crippen molar-refractivity contribution in [1.29, 1.82) is 0 Å². The van der Waals surface area contributed by atoms with Crippen molar-refractivity contribution < 1.29 is 0 Å². The molecule has 1 heterocycles. The second kappa shape index (κ2) is 5.90. The molecule has 2 aromatic carbocycles. The van der Waals surface area contributed by atoms with E-state index in [1.54, 1.807) is 0 Å². The fraction of sp³-hybridized carbons (Fsp3) is 0.368. The van der Waals surface area contributed by atoms with E-state index in [-0.39, 0.29) is 0 Å². The number of hydrogen-bond donors (Lipinski definition) is 1. The summed E-state index contributed by atoms with van der Waals surface area (Å²) in [6.45, 7) is 6.69. The van der Waals surface area contributed by atoms with Crippen LogP contribution in [0.2, 0.25) is 0 Å². The molecule has 21 heavy (non-hydrogen) atoms. The second-order valence-electron chi connectivity index (χ2n) is 6.31. The largest absolute Gasteiger partial charge is 0.399 e. The Bertz CT molecular complexity index is 620. The maximum atomic E-state index is 5.89. The summed E-state index contributed by atoms with van der Waals surface area (Å²) in [6.07, 6.45) is 1.24. The molecule has 0 saturated carbocycles. The van der Waals surface area contributed by atoms with E-state index in [0.717, 1.165) is 18.8 Å². The van der Waals surface area contributed by atoms with E-state index in [1.165, 1.54) is 23.1 Å².